The molecule has 0 saturated carbocycles. The molecule has 0 bridgehead atoms. The van der Waals surface area contributed by atoms with E-state index in [4.69, 9.17) is 0 Å². The summed E-state index contributed by atoms with van der Waals surface area (Å²) in [5, 5.41) is 22.6. The van der Waals surface area contributed by atoms with E-state index in [0.717, 1.165) is 17.7 Å². The van der Waals surface area contributed by atoms with Crippen LogP contribution in [-0.4, -0.2) is 10.2 Å². The van der Waals surface area contributed by atoms with Crippen LogP contribution in [0.5, 0.6) is 11.5 Å². The summed E-state index contributed by atoms with van der Waals surface area (Å²) in [5.74, 6) is 0.741. The highest BCUT2D eigenvalue weighted by atomic mass is 16.3. The molecule has 0 aliphatic rings. The lowest BCUT2D eigenvalue weighted by molar-refractivity contribution is 0.444. The van der Waals surface area contributed by atoms with Gasteiger partial charge < -0.3 is 15.5 Å². The Kier molecular flexibility index (Phi) is 4.73. The molecule has 0 aliphatic carbocycles. The zero-order chi connectivity index (χ0) is 15.4. The number of aromatic hydroxyl groups is 2. The van der Waals surface area contributed by atoms with Gasteiger partial charge in [-0.3, -0.25) is 0 Å². The van der Waals surface area contributed by atoms with Crippen molar-refractivity contribution in [2.75, 3.05) is 5.32 Å². The lowest BCUT2D eigenvalue weighted by atomic mass is 9.98. The minimum absolute atomic E-state index is 0.0416. The maximum Gasteiger partial charge on any atom is 0.124 e. The van der Waals surface area contributed by atoms with Crippen LogP contribution in [0.2, 0.25) is 0 Å². The fourth-order valence-corrected chi connectivity index (χ4v) is 2.37. The summed E-state index contributed by atoms with van der Waals surface area (Å²) in [6.45, 7) is 6.39. The molecule has 3 nitrogen and oxygen atoms in total. The molecule has 0 spiro atoms. The number of hydrogen-bond acceptors (Lipinski definition) is 3. The van der Waals surface area contributed by atoms with Crippen molar-refractivity contribution in [3.8, 4) is 11.5 Å². The predicted molar refractivity (Wildman–Crippen MR) is 87.0 cm³/mol. The molecule has 2 unspecified atom stereocenters. The van der Waals surface area contributed by atoms with Gasteiger partial charge >= 0.3 is 0 Å². The molecule has 0 heterocycles. The van der Waals surface area contributed by atoms with Gasteiger partial charge in [-0.1, -0.05) is 26.0 Å². The monoisotopic (exact) mass is 285 g/mol. The summed E-state index contributed by atoms with van der Waals surface area (Å²) in [4.78, 5) is 0. The predicted octanol–water partition coefficient (Wildman–Crippen LogP) is 4.78. The van der Waals surface area contributed by atoms with Crippen molar-refractivity contribution >= 4 is 5.69 Å². The van der Waals surface area contributed by atoms with Gasteiger partial charge in [-0.25, -0.2) is 0 Å². The summed E-state index contributed by atoms with van der Waals surface area (Å²) in [6.07, 6.45) is 1.13. The van der Waals surface area contributed by atoms with E-state index in [9.17, 15) is 10.2 Å². The van der Waals surface area contributed by atoms with Gasteiger partial charge in [0.15, 0.2) is 0 Å². The highest BCUT2D eigenvalue weighted by molar-refractivity contribution is 5.49. The van der Waals surface area contributed by atoms with Crippen LogP contribution in [0, 0.1) is 0 Å². The Hall–Kier alpha value is -2.16. The third-order valence-electron chi connectivity index (χ3n) is 3.96. The molecule has 3 N–H and O–H groups in total. The quantitative estimate of drug-likeness (QED) is 0.740. The topological polar surface area (TPSA) is 52.5 Å². The summed E-state index contributed by atoms with van der Waals surface area (Å²) >= 11 is 0. The zero-order valence-corrected chi connectivity index (χ0v) is 12.8. The smallest absolute Gasteiger partial charge is 0.124 e. The van der Waals surface area contributed by atoms with Crippen molar-refractivity contribution in [3.63, 3.8) is 0 Å². The molecule has 0 aliphatic heterocycles. The second-order valence-corrected chi connectivity index (χ2v) is 5.54. The van der Waals surface area contributed by atoms with E-state index in [1.165, 1.54) is 11.6 Å². The lowest BCUT2D eigenvalue weighted by Gasteiger charge is -2.18. The van der Waals surface area contributed by atoms with Gasteiger partial charge in [0.2, 0.25) is 0 Å². The largest absolute Gasteiger partial charge is 0.508 e. The van der Waals surface area contributed by atoms with Crippen molar-refractivity contribution in [2.45, 2.75) is 39.2 Å². The molecule has 21 heavy (non-hydrogen) atoms. The van der Waals surface area contributed by atoms with Crippen molar-refractivity contribution < 1.29 is 10.2 Å². The van der Waals surface area contributed by atoms with E-state index in [0.29, 0.717) is 5.92 Å². The van der Waals surface area contributed by atoms with E-state index in [-0.39, 0.29) is 17.5 Å². The molecule has 2 rings (SSSR count). The SMILES string of the molecule is CCC(C)c1ccc(NC(C)c2ccc(O)cc2O)cc1. The van der Waals surface area contributed by atoms with Crippen LogP contribution in [0.1, 0.15) is 50.3 Å². The summed E-state index contributed by atoms with van der Waals surface area (Å²) in [6, 6.07) is 13.0. The van der Waals surface area contributed by atoms with Gasteiger partial charge in [-0.15, -0.1) is 0 Å². The Morgan fingerprint density at radius 3 is 2.24 bits per heavy atom. The first-order chi connectivity index (χ1) is 10.0. The van der Waals surface area contributed by atoms with Crippen molar-refractivity contribution in [1.29, 1.82) is 0 Å². The number of phenolic OH excluding ortho intramolecular Hbond substituents is 2. The molecule has 0 amide bonds. The molecule has 0 aromatic heterocycles. The number of benzene rings is 2. The van der Waals surface area contributed by atoms with Crippen LogP contribution in [-0.2, 0) is 0 Å². The van der Waals surface area contributed by atoms with Crippen molar-refractivity contribution in [1.82, 2.24) is 0 Å². The van der Waals surface area contributed by atoms with Gasteiger partial charge in [0, 0.05) is 17.3 Å². The minimum Gasteiger partial charge on any atom is -0.508 e. The van der Waals surface area contributed by atoms with E-state index in [1.54, 1.807) is 12.1 Å². The molecular formula is C18H23NO2. The van der Waals surface area contributed by atoms with Crippen molar-refractivity contribution in [2.24, 2.45) is 0 Å². The maximum atomic E-state index is 9.89. The first-order valence-corrected chi connectivity index (χ1v) is 7.39. The Balaban J connectivity index is 2.10. The highest BCUT2D eigenvalue weighted by Gasteiger charge is 2.11. The van der Waals surface area contributed by atoms with Crippen LogP contribution in [0.15, 0.2) is 42.5 Å². The fraction of sp³-hybridized carbons (Fsp3) is 0.333. The van der Waals surface area contributed by atoms with Gasteiger partial charge in [0.05, 0.1) is 6.04 Å². The average Bonchev–Trinajstić information content (AvgIpc) is 2.47. The minimum atomic E-state index is -0.0416. The molecule has 2 aromatic carbocycles. The van der Waals surface area contributed by atoms with Crippen LogP contribution < -0.4 is 5.32 Å². The van der Waals surface area contributed by atoms with E-state index in [1.807, 2.05) is 6.92 Å². The lowest BCUT2D eigenvalue weighted by Crippen LogP contribution is -2.06. The second-order valence-electron chi connectivity index (χ2n) is 5.54. The molecule has 2 aromatic rings. The molecule has 0 radical (unpaired) electrons. The van der Waals surface area contributed by atoms with E-state index >= 15 is 0 Å². The van der Waals surface area contributed by atoms with Gasteiger partial charge in [-0.2, -0.15) is 0 Å². The Labute approximate surface area is 126 Å². The normalized spacial score (nSPS) is 13.7. The molecular weight excluding hydrogens is 262 g/mol. The van der Waals surface area contributed by atoms with Crippen LogP contribution in [0.4, 0.5) is 5.69 Å². The number of phenols is 2. The molecule has 2 atom stereocenters. The number of hydrogen-bond donors (Lipinski definition) is 3. The fourth-order valence-electron chi connectivity index (χ4n) is 2.37. The summed E-state index contributed by atoms with van der Waals surface area (Å²) < 4.78 is 0. The third-order valence-corrected chi connectivity index (χ3v) is 3.96. The Morgan fingerprint density at radius 1 is 1.00 bits per heavy atom. The van der Waals surface area contributed by atoms with E-state index in [2.05, 4.69) is 43.4 Å². The molecule has 3 heteroatoms. The van der Waals surface area contributed by atoms with Gasteiger partial charge in [0.1, 0.15) is 11.5 Å². The van der Waals surface area contributed by atoms with Crippen LogP contribution in [0.25, 0.3) is 0 Å². The highest BCUT2D eigenvalue weighted by Crippen LogP contribution is 2.30. The van der Waals surface area contributed by atoms with Gasteiger partial charge in [0.25, 0.3) is 0 Å². The zero-order valence-electron chi connectivity index (χ0n) is 12.8. The van der Waals surface area contributed by atoms with Gasteiger partial charge in [-0.05, 0) is 49.1 Å². The number of anilines is 1. The van der Waals surface area contributed by atoms with Crippen molar-refractivity contribution in [3.05, 3.63) is 53.6 Å². The summed E-state index contributed by atoms with van der Waals surface area (Å²) in [7, 11) is 0. The Bertz CT molecular complexity index is 593. The third kappa shape index (κ3) is 3.69. The standard InChI is InChI=1S/C18H23NO2/c1-4-12(2)14-5-7-15(8-6-14)19-13(3)17-10-9-16(20)11-18(17)21/h5-13,19-21H,4H2,1-3H3. The molecule has 112 valence electrons. The number of nitrogens with one attached hydrogen (secondary N) is 1. The summed E-state index contributed by atoms with van der Waals surface area (Å²) in [5.41, 5.74) is 3.11. The number of rotatable bonds is 5. The second kappa shape index (κ2) is 6.53. The first kappa shape index (κ1) is 15.2. The molecule has 0 fully saturated rings. The average molecular weight is 285 g/mol. The Morgan fingerprint density at radius 2 is 1.67 bits per heavy atom. The van der Waals surface area contributed by atoms with Crippen LogP contribution >= 0.6 is 0 Å². The molecule has 0 saturated heterocycles. The van der Waals surface area contributed by atoms with Crippen LogP contribution in [0.3, 0.4) is 0 Å². The first-order valence-electron chi connectivity index (χ1n) is 7.39. The van der Waals surface area contributed by atoms with E-state index < -0.39 is 0 Å². The maximum absolute atomic E-state index is 9.89.